The lowest BCUT2D eigenvalue weighted by atomic mass is 10.1. The maximum atomic E-state index is 10.2. The molecule has 0 aromatic heterocycles. The van der Waals surface area contributed by atoms with Gasteiger partial charge in [-0.05, 0) is 12.8 Å². The third kappa shape index (κ3) is 2.09. The zero-order valence-electron chi connectivity index (χ0n) is 6.60. The normalized spacial score (nSPS) is 35.0. The highest BCUT2D eigenvalue weighted by molar-refractivity contribution is 5.64. The van der Waals surface area contributed by atoms with E-state index in [-0.39, 0.29) is 18.6 Å². The van der Waals surface area contributed by atoms with Crippen molar-refractivity contribution in [2.24, 2.45) is 5.92 Å². The monoisotopic (exact) mass is 175 g/mol. The van der Waals surface area contributed by atoms with Crippen LogP contribution in [0.15, 0.2) is 0 Å². The van der Waals surface area contributed by atoms with Crippen molar-refractivity contribution in [2.75, 3.05) is 6.61 Å². The van der Waals surface area contributed by atoms with Crippen molar-refractivity contribution in [3.63, 3.8) is 0 Å². The van der Waals surface area contributed by atoms with Crippen LogP contribution in [0.2, 0.25) is 0 Å². The third-order valence-electron chi connectivity index (χ3n) is 2.22. The third-order valence-corrected chi connectivity index (χ3v) is 2.22. The second-order valence-corrected chi connectivity index (χ2v) is 3.13. The summed E-state index contributed by atoms with van der Waals surface area (Å²) in [5, 5.41) is 28.7. The molecule has 1 fully saturated rings. The lowest BCUT2D eigenvalue weighted by Crippen LogP contribution is -2.31. The molecule has 0 aromatic carbocycles. The van der Waals surface area contributed by atoms with E-state index in [1.807, 2.05) is 0 Å². The lowest BCUT2D eigenvalue weighted by molar-refractivity contribution is 0.0907. The molecule has 1 aliphatic rings. The smallest absolute Gasteiger partial charge is 0.404 e. The van der Waals surface area contributed by atoms with Crippen LogP contribution in [0.1, 0.15) is 12.8 Å². The van der Waals surface area contributed by atoms with Crippen LogP contribution < -0.4 is 5.32 Å². The van der Waals surface area contributed by atoms with E-state index in [9.17, 15) is 9.90 Å². The first-order valence-corrected chi connectivity index (χ1v) is 3.92. The maximum absolute atomic E-state index is 10.2. The van der Waals surface area contributed by atoms with E-state index < -0.39 is 12.2 Å². The first-order valence-electron chi connectivity index (χ1n) is 3.92. The van der Waals surface area contributed by atoms with E-state index in [1.54, 1.807) is 0 Å². The van der Waals surface area contributed by atoms with Crippen LogP contribution in [0.3, 0.4) is 0 Å². The summed E-state index contributed by atoms with van der Waals surface area (Å²) in [5.74, 6) is -0.179. The SMILES string of the molecule is O=C(O)NC1CC(O)C(CO)C1. The number of hydrogen-bond donors (Lipinski definition) is 4. The van der Waals surface area contributed by atoms with Crippen LogP contribution in [0.5, 0.6) is 0 Å². The standard InChI is InChI=1S/C7H13NO4/c9-3-4-1-5(2-6(4)10)8-7(11)12/h4-6,8-10H,1-3H2,(H,11,12). The van der Waals surface area contributed by atoms with Gasteiger partial charge in [-0.2, -0.15) is 0 Å². The molecule has 3 atom stereocenters. The van der Waals surface area contributed by atoms with E-state index in [2.05, 4.69) is 5.32 Å². The van der Waals surface area contributed by atoms with Crippen LogP contribution in [0.25, 0.3) is 0 Å². The summed E-state index contributed by atoms with van der Waals surface area (Å²) in [6, 6.07) is -0.213. The highest BCUT2D eigenvalue weighted by Crippen LogP contribution is 2.25. The predicted molar refractivity (Wildman–Crippen MR) is 40.8 cm³/mol. The minimum atomic E-state index is -1.08. The fourth-order valence-electron chi connectivity index (χ4n) is 1.59. The second-order valence-electron chi connectivity index (χ2n) is 3.13. The molecular formula is C7H13NO4. The molecule has 5 nitrogen and oxygen atoms in total. The van der Waals surface area contributed by atoms with Gasteiger partial charge in [0.2, 0.25) is 0 Å². The van der Waals surface area contributed by atoms with Gasteiger partial charge in [0, 0.05) is 18.6 Å². The van der Waals surface area contributed by atoms with Crippen LogP contribution in [0.4, 0.5) is 4.79 Å². The molecule has 3 unspecified atom stereocenters. The molecule has 0 heterocycles. The van der Waals surface area contributed by atoms with Crippen LogP contribution in [-0.2, 0) is 0 Å². The fraction of sp³-hybridized carbons (Fsp3) is 0.857. The molecule has 4 N–H and O–H groups in total. The van der Waals surface area contributed by atoms with Crippen LogP contribution in [-0.4, -0.2) is 40.2 Å². The van der Waals surface area contributed by atoms with Crippen molar-refractivity contribution in [3.05, 3.63) is 0 Å². The molecule has 0 aromatic rings. The van der Waals surface area contributed by atoms with Crippen molar-refractivity contribution in [2.45, 2.75) is 25.0 Å². The number of amides is 1. The van der Waals surface area contributed by atoms with Gasteiger partial charge in [-0.25, -0.2) is 4.79 Å². The van der Waals surface area contributed by atoms with Crippen molar-refractivity contribution in [1.29, 1.82) is 0 Å². The summed E-state index contributed by atoms with van der Waals surface area (Å²) in [7, 11) is 0. The van der Waals surface area contributed by atoms with E-state index in [1.165, 1.54) is 0 Å². The number of aliphatic hydroxyl groups is 2. The molecule has 1 saturated carbocycles. The average Bonchev–Trinajstić information content (AvgIpc) is 2.29. The summed E-state index contributed by atoms with van der Waals surface area (Å²) < 4.78 is 0. The Hall–Kier alpha value is -0.810. The van der Waals surface area contributed by atoms with Gasteiger partial charge in [0.05, 0.1) is 6.10 Å². The van der Waals surface area contributed by atoms with Crippen molar-refractivity contribution in [3.8, 4) is 0 Å². The van der Waals surface area contributed by atoms with Crippen LogP contribution >= 0.6 is 0 Å². The Labute approximate surface area is 70.0 Å². The number of rotatable bonds is 2. The minimum Gasteiger partial charge on any atom is -0.465 e. The summed E-state index contributed by atoms with van der Waals surface area (Å²) in [6.07, 6.45) is -0.737. The molecule has 1 rings (SSSR count). The van der Waals surface area contributed by atoms with Crippen molar-refractivity contribution in [1.82, 2.24) is 5.32 Å². The van der Waals surface area contributed by atoms with Gasteiger partial charge in [0.1, 0.15) is 0 Å². The maximum Gasteiger partial charge on any atom is 0.404 e. The Morgan fingerprint density at radius 2 is 2.17 bits per heavy atom. The second kappa shape index (κ2) is 3.73. The Morgan fingerprint density at radius 1 is 1.50 bits per heavy atom. The molecule has 5 heteroatoms. The molecule has 0 aliphatic heterocycles. The molecule has 1 aliphatic carbocycles. The molecule has 0 bridgehead atoms. The largest absolute Gasteiger partial charge is 0.465 e. The van der Waals surface area contributed by atoms with Gasteiger partial charge in [-0.15, -0.1) is 0 Å². The molecular weight excluding hydrogens is 162 g/mol. The first-order chi connectivity index (χ1) is 5.63. The number of aliphatic hydroxyl groups excluding tert-OH is 2. The lowest BCUT2D eigenvalue weighted by Gasteiger charge is -2.08. The van der Waals surface area contributed by atoms with Gasteiger partial charge in [-0.3, -0.25) is 0 Å². The molecule has 0 radical (unpaired) electrons. The Bertz CT molecular complexity index is 173. The van der Waals surface area contributed by atoms with Crippen molar-refractivity contribution >= 4 is 6.09 Å². The Kier molecular flexibility index (Phi) is 2.88. The highest BCUT2D eigenvalue weighted by atomic mass is 16.4. The molecule has 12 heavy (non-hydrogen) atoms. The summed E-state index contributed by atoms with van der Waals surface area (Å²) in [6.45, 7) is -0.0844. The Balaban J connectivity index is 2.37. The predicted octanol–water partition coefficient (Wildman–Crippen LogP) is -0.614. The average molecular weight is 175 g/mol. The van der Waals surface area contributed by atoms with Gasteiger partial charge >= 0.3 is 6.09 Å². The topological polar surface area (TPSA) is 89.8 Å². The van der Waals surface area contributed by atoms with E-state index >= 15 is 0 Å². The highest BCUT2D eigenvalue weighted by Gasteiger charge is 2.32. The summed E-state index contributed by atoms with van der Waals surface area (Å²) in [5.41, 5.74) is 0. The van der Waals surface area contributed by atoms with Gasteiger partial charge in [0.25, 0.3) is 0 Å². The van der Waals surface area contributed by atoms with E-state index in [0.29, 0.717) is 12.8 Å². The van der Waals surface area contributed by atoms with Gasteiger partial charge in [0.15, 0.2) is 0 Å². The van der Waals surface area contributed by atoms with E-state index in [4.69, 9.17) is 10.2 Å². The van der Waals surface area contributed by atoms with Gasteiger partial charge in [-0.1, -0.05) is 0 Å². The zero-order valence-corrected chi connectivity index (χ0v) is 6.60. The zero-order chi connectivity index (χ0) is 9.14. The molecule has 0 saturated heterocycles. The summed E-state index contributed by atoms with van der Waals surface area (Å²) >= 11 is 0. The quantitative estimate of drug-likeness (QED) is 0.450. The number of carbonyl (C=O) groups is 1. The Morgan fingerprint density at radius 3 is 2.58 bits per heavy atom. The van der Waals surface area contributed by atoms with Crippen molar-refractivity contribution < 1.29 is 20.1 Å². The van der Waals surface area contributed by atoms with Gasteiger partial charge < -0.3 is 20.6 Å². The van der Waals surface area contributed by atoms with E-state index in [0.717, 1.165) is 0 Å². The summed E-state index contributed by atoms with van der Waals surface area (Å²) in [4.78, 5) is 10.2. The fourth-order valence-corrected chi connectivity index (χ4v) is 1.59. The number of nitrogens with one attached hydrogen (secondary N) is 1. The molecule has 1 amide bonds. The minimum absolute atomic E-state index is 0.0844. The molecule has 0 spiro atoms. The van der Waals surface area contributed by atoms with Crippen LogP contribution in [0, 0.1) is 5.92 Å². The number of hydrogen-bond acceptors (Lipinski definition) is 3. The molecule has 70 valence electrons. The number of carboxylic acid groups (broad SMARTS) is 1. The first kappa shape index (κ1) is 9.28.